The topological polar surface area (TPSA) is 43.9 Å². The third-order valence-corrected chi connectivity index (χ3v) is 6.07. The van der Waals surface area contributed by atoms with Crippen molar-refractivity contribution in [3.8, 4) is 0 Å². The van der Waals surface area contributed by atoms with Gasteiger partial charge in [0.2, 0.25) is 0 Å². The molecule has 0 aromatic heterocycles. The number of hydrogen-bond acceptors (Lipinski definition) is 4. The van der Waals surface area contributed by atoms with Crippen LogP contribution in [0.2, 0.25) is 0 Å². The Kier molecular flexibility index (Phi) is 5.68. The molecule has 0 bridgehead atoms. The summed E-state index contributed by atoms with van der Waals surface area (Å²) < 4.78 is 0. The summed E-state index contributed by atoms with van der Waals surface area (Å²) in [6, 6.07) is 14.5. The third kappa shape index (κ3) is 3.88. The lowest BCUT2D eigenvalue weighted by atomic mass is 9.97. The smallest absolute Gasteiger partial charge is 0.278 e. The van der Waals surface area contributed by atoms with Gasteiger partial charge in [0.25, 0.3) is 11.8 Å². The number of aryl methyl sites for hydroxylation is 3. The number of rotatable bonds is 5. The Morgan fingerprint density at radius 3 is 2.19 bits per heavy atom. The number of benzene rings is 2. The Morgan fingerprint density at radius 1 is 0.871 bits per heavy atom. The molecule has 0 atom stereocenters. The lowest BCUT2D eigenvalue weighted by Gasteiger charge is -2.37. The van der Waals surface area contributed by atoms with Gasteiger partial charge in [-0.1, -0.05) is 42.0 Å². The third-order valence-electron chi connectivity index (χ3n) is 6.07. The Morgan fingerprint density at radius 2 is 1.55 bits per heavy atom. The molecule has 1 fully saturated rings. The van der Waals surface area contributed by atoms with Gasteiger partial charge in [-0.3, -0.25) is 14.5 Å². The molecule has 2 amide bonds. The predicted molar refractivity (Wildman–Crippen MR) is 125 cm³/mol. The van der Waals surface area contributed by atoms with Crippen molar-refractivity contribution < 1.29 is 9.59 Å². The van der Waals surface area contributed by atoms with Crippen molar-refractivity contribution in [3.63, 3.8) is 0 Å². The van der Waals surface area contributed by atoms with Crippen LogP contribution in [0.4, 0.5) is 5.69 Å². The molecule has 0 radical (unpaired) electrons. The van der Waals surface area contributed by atoms with Crippen LogP contribution in [-0.2, 0) is 9.59 Å². The fourth-order valence-corrected chi connectivity index (χ4v) is 4.50. The van der Waals surface area contributed by atoms with Gasteiger partial charge in [-0.25, -0.2) is 0 Å². The summed E-state index contributed by atoms with van der Waals surface area (Å²) in [7, 11) is 0. The first kappa shape index (κ1) is 20.9. The maximum atomic E-state index is 13.3. The zero-order valence-electron chi connectivity index (χ0n) is 18.5. The lowest BCUT2D eigenvalue weighted by molar-refractivity contribution is -0.136. The predicted octanol–water partition coefficient (Wildman–Crippen LogP) is 3.70. The van der Waals surface area contributed by atoms with Gasteiger partial charge in [0.1, 0.15) is 5.70 Å². The van der Waals surface area contributed by atoms with Crippen LogP contribution < -0.4 is 4.90 Å². The van der Waals surface area contributed by atoms with Crippen LogP contribution in [-0.4, -0.2) is 54.3 Å². The van der Waals surface area contributed by atoms with E-state index in [1.807, 2.05) is 26.0 Å². The average Bonchev–Trinajstić information content (AvgIpc) is 2.99. The number of nitrogens with zero attached hydrogens (tertiary/aromatic N) is 3. The highest BCUT2D eigenvalue weighted by molar-refractivity contribution is 6.35. The zero-order chi connectivity index (χ0) is 22.1. The van der Waals surface area contributed by atoms with E-state index in [0.29, 0.717) is 24.4 Å². The minimum atomic E-state index is -0.229. The minimum Gasteiger partial charge on any atom is -0.368 e. The molecule has 2 heterocycles. The molecule has 0 saturated carbocycles. The molecular weight excluding hydrogens is 386 g/mol. The second kappa shape index (κ2) is 8.42. The van der Waals surface area contributed by atoms with Crippen molar-refractivity contribution >= 4 is 23.1 Å². The number of carbonyl (C=O) groups is 2. The Labute approximate surface area is 184 Å². The first-order valence-electron chi connectivity index (χ1n) is 10.8. The van der Waals surface area contributed by atoms with Gasteiger partial charge >= 0.3 is 0 Å². The second-order valence-electron chi connectivity index (χ2n) is 8.36. The zero-order valence-corrected chi connectivity index (χ0v) is 18.5. The SMILES string of the molecule is C=CCN1C(=O)C(c2ccc(C)cc2C)=C(N2CCN(c3cccc(C)c3)CC2)C1=O. The van der Waals surface area contributed by atoms with Crippen molar-refractivity contribution in [1.29, 1.82) is 0 Å². The summed E-state index contributed by atoms with van der Waals surface area (Å²) in [5.74, 6) is -0.447. The van der Waals surface area contributed by atoms with E-state index >= 15 is 0 Å². The number of anilines is 1. The van der Waals surface area contributed by atoms with Crippen LogP contribution in [0.5, 0.6) is 0 Å². The van der Waals surface area contributed by atoms with E-state index in [9.17, 15) is 9.59 Å². The molecule has 0 aliphatic carbocycles. The second-order valence-corrected chi connectivity index (χ2v) is 8.36. The van der Waals surface area contributed by atoms with Gasteiger partial charge in [-0.2, -0.15) is 0 Å². The molecule has 4 rings (SSSR count). The summed E-state index contributed by atoms with van der Waals surface area (Å²) in [4.78, 5) is 32.3. The summed E-state index contributed by atoms with van der Waals surface area (Å²) in [6.07, 6.45) is 1.61. The van der Waals surface area contributed by atoms with Crippen LogP contribution in [0.1, 0.15) is 22.3 Å². The molecule has 0 spiro atoms. The number of imide groups is 1. The molecule has 2 aliphatic heterocycles. The van der Waals surface area contributed by atoms with E-state index in [4.69, 9.17) is 0 Å². The van der Waals surface area contributed by atoms with Gasteiger partial charge in [0.05, 0.1) is 5.57 Å². The molecule has 2 aromatic rings. The summed E-state index contributed by atoms with van der Waals surface area (Å²) in [5.41, 5.74) is 6.46. The highest BCUT2D eigenvalue weighted by atomic mass is 16.2. The summed E-state index contributed by atoms with van der Waals surface area (Å²) in [5, 5.41) is 0. The minimum absolute atomic E-state index is 0.219. The molecule has 0 N–H and O–H groups in total. The Hall–Kier alpha value is -3.34. The van der Waals surface area contributed by atoms with Crippen LogP contribution in [0.3, 0.4) is 0 Å². The fraction of sp³-hybridized carbons (Fsp3) is 0.308. The molecule has 5 heteroatoms. The monoisotopic (exact) mass is 415 g/mol. The summed E-state index contributed by atoms with van der Waals surface area (Å²) >= 11 is 0. The standard InChI is InChI=1S/C26H29N3O2/c1-5-11-29-25(30)23(22-10-9-19(3)16-20(22)4)24(26(29)31)28-14-12-27(13-15-28)21-8-6-7-18(2)17-21/h5-10,16-17H,1,11-15H2,2-4H3. The van der Waals surface area contributed by atoms with E-state index in [0.717, 1.165) is 29.8 Å². The van der Waals surface area contributed by atoms with Gasteiger partial charge in [0, 0.05) is 38.4 Å². The largest absolute Gasteiger partial charge is 0.368 e. The fourth-order valence-electron chi connectivity index (χ4n) is 4.50. The van der Waals surface area contributed by atoms with Crippen molar-refractivity contribution in [2.45, 2.75) is 20.8 Å². The normalized spacial score (nSPS) is 17.1. The molecule has 2 aromatic carbocycles. The van der Waals surface area contributed by atoms with E-state index in [-0.39, 0.29) is 18.4 Å². The number of carbonyl (C=O) groups excluding carboxylic acids is 2. The van der Waals surface area contributed by atoms with Crippen LogP contribution in [0, 0.1) is 20.8 Å². The first-order valence-corrected chi connectivity index (χ1v) is 10.8. The molecule has 1 saturated heterocycles. The molecule has 5 nitrogen and oxygen atoms in total. The van der Waals surface area contributed by atoms with Gasteiger partial charge in [-0.05, 0) is 49.6 Å². The average molecular weight is 416 g/mol. The quantitative estimate of drug-likeness (QED) is 0.552. The maximum Gasteiger partial charge on any atom is 0.278 e. The van der Waals surface area contributed by atoms with E-state index in [2.05, 4.69) is 53.6 Å². The maximum absolute atomic E-state index is 13.3. The van der Waals surface area contributed by atoms with Crippen LogP contribution in [0.15, 0.2) is 60.8 Å². The van der Waals surface area contributed by atoms with Crippen molar-refractivity contribution in [2.75, 3.05) is 37.6 Å². The molecule has 31 heavy (non-hydrogen) atoms. The molecule has 0 unspecified atom stereocenters. The van der Waals surface area contributed by atoms with Crippen molar-refractivity contribution in [1.82, 2.24) is 9.80 Å². The number of amides is 2. The molecule has 160 valence electrons. The van der Waals surface area contributed by atoms with Crippen LogP contribution >= 0.6 is 0 Å². The van der Waals surface area contributed by atoms with Crippen molar-refractivity contribution in [3.05, 3.63) is 83.1 Å². The Bertz CT molecular complexity index is 1080. The molecule has 2 aliphatic rings. The van der Waals surface area contributed by atoms with Gasteiger partial charge in [-0.15, -0.1) is 6.58 Å². The Balaban J connectivity index is 1.67. The lowest BCUT2D eigenvalue weighted by Crippen LogP contribution is -2.47. The molecular formula is C26H29N3O2. The van der Waals surface area contributed by atoms with Gasteiger partial charge < -0.3 is 9.80 Å². The van der Waals surface area contributed by atoms with E-state index < -0.39 is 0 Å². The van der Waals surface area contributed by atoms with E-state index in [1.54, 1.807) is 6.08 Å². The summed E-state index contributed by atoms with van der Waals surface area (Å²) in [6.45, 7) is 13.1. The highest BCUT2D eigenvalue weighted by Gasteiger charge is 2.42. The highest BCUT2D eigenvalue weighted by Crippen LogP contribution is 2.34. The number of hydrogen-bond donors (Lipinski definition) is 0. The first-order chi connectivity index (χ1) is 14.9. The van der Waals surface area contributed by atoms with E-state index in [1.165, 1.54) is 16.2 Å². The van der Waals surface area contributed by atoms with Crippen molar-refractivity contribution in [2.24, 2.45) is 0 Å². The number of piperazine rings is 1. The van der Waals surface area contributed by atoms with Crippen LogP contribution in [0.25, 0.3) is 5.57 Å². The van der Waals surface area contributed by atoms with Gasteiger partial charge in [0.15, 0.2) is 0 Å².